The van der Waals surface area contributed by atoms with Gasteiger partial charge in [-0.2, -0.15) is 0 Å². The molecular weight excluding hydrogens is 386 g/mol. The number of carbonyl (C=O) groups excluding carboxylic acids is 3. The maximum atomic E-state index is 12.3. The van der Waals surface area contributed by atoms with Crippen LogP contribution in [0.5, 0.6) is 0 Å². The lowest BCUT2D eigenvalue weighted by Crippen LogP contribution is -2.41. The Hall–Kier alpha value is -2.67. The Kier molecular flexibility index (Phi) is 5.14. The van der Waals surface area contributed by atoms with Gasteiger partial charge in [0, 0.05) is 16.6 Å². The average molecular weight is 402 g/mol. The third-order valence-electron chi connectivity index (χ3n) is 3.84. The zero-order chi connectivity index (χ0) is 17.8. The van der Waals surface area contributed by atoms with Crippen molar-refractivity contribution in [3.8, 4) is 0 Å². The van der Waals surface area contributed by atoms with Crippen molar-refractivity contribution in [2.75, 3.05) is 10.6 Å². The van der Waals surface area contributed by atoms with Gasteiger partial charge in [-0.1, -0.05) is 28.1 Å². The predicted octanol–water partition coefficient (Wildman–Crippen LogP) is 2.92. The lowest BCUT2D eigenvalue weighted by atomic mass is 10.1. The molecule has 0 radical (unpaired) electrons. The van der Waals surface area contributed by atoms with Gasteiger partial charge in [-0.15, -0.1) is 0 Å². The molecule has 0 aliphatic carbocycles. The summed E-state index contributed by atoms with van der Waals surface area (Å²) in [4.78, 5) is 36.6. The van der Waals surface area contributed by atoms with Gasteiger partial charge in [-0.25, -0.2) is 0 Å². The number of amides is 3. The number of hydrogen-bond donors (Lipinski definition) is 3. The highest BCUT2D eigenvalue weighted by Crippen LogP contribution is 2.19. The molecule has 128 valence electrons. The Morgan fingerprint density at radius 1 is 1.08 bits per heavy atom. The lowest BCUT2D eigenvalue weighted by Gasteiger charge is -2.14. The maximum Gasteiger partial charge on any atom is 0.254 e. The molecule has 1 aliphatic rings. The van der Waals surface area contributed by atoms with Crippen molar-refractivity contribution in [2.24, 2.45) is 0 Å². The second kappa shape index (κ2) is 7.48. The Morgan fingerprint density at radius 3 is 2.56 bits per heavy atom. The first-order valence-corrected chi connectivity index (χ1v) is 8.58. The first-order chi connectivity index (χ1) is 12.0. The second-order valence-electron chi connectivity index (χ2n) is 5.65. The van der Waals surface area contributed by atoms with Crippen molar-refractivity contribution in [3.63, 3.8) is 0 Å². The van der Waals surface area contributed by atoms with E-state index in [-0.39, 0.29) is 30.6 Å². The number of para-hydroxylation sites is 1. The summed E-state index contributed by atoms with van der Waals surface area (Å²) >= 11 is 3.33. The van der Waals surface area contributed by atoms with Crippen molar-refractivity contribution in [1.29, 1.82) is 0 Å². The molecule has 1 atom stereocenters. The average Bonchev–Trinajstić information content (AvgIpc) is 2.72. The SMILES string of the molecule is O=C(CC[C@H]1NC(=O)c2ccccc2NC1=O)Nc1ccc(Br)cc1. The summed E-state index contributed by atoms with van der Waals surface area (Å²) in [7, 11) is 0. The van der Waals surface area contributed by atoms with E-state index in [0.29, 0.717) is 16.9 Å². The summed E-state index contributed by atoms with van der Waals surface area (Å²) in [5.74, 6) is -0.867. The summed E-state index contributed by atoms with van der Waals surface area (Å²) in [6.45, 7) is 0. The van der Waals surface area contributed by atoms with Crippen molar-refractivity contribution in [3.05, 3.63) is 58.6 Å². The molecule has 1 heterocycles. The van der Waals surface area contributed by atoms with Gasteiger partial charge in [0.05, 0.1) is 11.3 Å². The largest absolute Gasteiger partial charge is 0.340 e. The normalized spacial score (nSPS) is 16.3. The Labute approximate surface area is 153 Å². The summed E-state index contributed by atoms with van der Waals surface area (Å²) in [5, 5.41) is 8.16. The summed E-state index contributed by atoms with van der Waals surface area (Å²) in [5.41, 5.74) is 1.57. The van der Waals surface area contributed by atoms with E-state index in [2.05, 4.69) is 31.9 Å². The minimum Gasteiger partial charge on any atom is -0.340 e. The molecular formula is C18H16BrN3O3. The van der Waals surface area contributed by atoms with E-state index < -0.39 is 6.04 Å². The van der Waals surface area contributed by atoms with E-state index in [1.165, 1.54) is 0 Å². The van der Waals surface area contributed by atoms with E-state index in [0.717, 1.165) is 4.47 Å². The fourth-order valence-corrected chi connectivity index (χ4v) is 2.81. The Bertz CT molecular complexity index is 821. The predicted molar refractivity (Wildman–Crippen MR) is 98.3 cm³/mol. The molecule has 2 aromatic rings. The molecule has 0 aromatic heterocycles. The molecule has 0 bridgehead atoms. The Balaban J connectivity index is 1.59. The zero-order valence-corrected chi connectivity index (χ0v) is 14.8. The van der Waals surface area contributed by atoms with E-state index in [4.69, 9.17) is 0 Å². The highest BCUT2D eigenvalue weighted by atomic mass is 79.9. The van der Waals surface area contributed by atoms with Gasteiger partial charge in [-0.3, -0.25) is 14.4 Å². The first-order valence-electron chi connectivity index (χ1n) is 7.79. The molecule has 0 saturated carbocycles. The monoisotopic (exact) mass is 401 g/mol. The third-order valence-corrected chi connectivity index (χ3v) is 4.37. The van der Waals surface area contributed by atoms with Crippen LogP contribution in [0.1, 0.15) is 23.2 Å². The van der Waals surface area contributed by atoms with Gasteiger partial charge >= 0.3 is 0 Å². The maximum absolute atomic E-state index is 12.3. The highest BCUT2D eigenvalue weighted by molar-refractivity contribution is 9.10. The van der Waals surface area contributed by atoms with Crippen LogP contribution in [-0.2, 0) is 9.59 Å². The molecule has 0 unspecified atom stereocenters. The molecule has 3 rings (SSSR count). The van der Waals surface area contributed by atoms with Crippen LogP contribution in [0.25, 0.3) is 0 Å². The van der Waals surface area contributed by atoms with Crippen molar-refractivity contribution in [1.82, 2.24) is 5.32 Å². The minimum absolute atomic E-state index is 0.116. The molecule has 6 nitrogen and oxygen atoms in total. The number of anilines is 2. The molecule has 1 aliphatic heterocycles. The number of carbonyl (C=O) groups is 3. The van der Waals surface area contributed by atoms with Crippen LogP contribution < -0.4 is 16.0 Å². The fourth-order valence-electron chi connectivity index (χ4n) is 2.55. The van der Waals surface area contributed by atoms with Crippen LogP contribution in [0.15, 0.2) is 53.0 Å². The molecule has 0 fully saturated rings. The standard InChI is InChI=1S/C18H16BrN3O3/c19-11-5-7-12(8-6-11)20-16(23)10-9-15-18(25)21-14-4-2-1-3-13(14)17(24)22-15/h1-8,15H,9-10H2,(H,20,23)(H,21,25)(H,22,24)/t15-/m1/s1. The molecule has 0 saturated heterocycles. The van der Waals surface area contributed by atoms with Crippen LogP contribution >= 0.6 is 15.9 Å². The smallest absolute Gasteiger partial charge is 0.254 e. The third kappa shape index (κ3) is 4.24. The summed E-state index contributed by atoms with van der Waals surface area (Å²) in [6, 6.07) is 13.3. The molecule has 0 spiro atoms. The number of benzene rings is 2. The zero-order valence-electron chi connectivity index (χ0n) is 13.2. The highest BCUT2D eigenvalue weighted by Gasteiger charge is 2.27. The van der Waals surface area contributed by atoms with E-state index in [1.54, 1.807) is 36.4 Å². The topological polar surface area (TPSA) is 87.3 Å². The fraction of sp³-hybridized carbons (Fsp3) is 0.167. The summed E-state index contributed by atoms with van der Waals surface area (Å²) < 4.78 is 0.919. The van der Waals surface area contributed by atoms with Gasteiger partial charge in [0.2, 0.25) is 11.8 Å². The van der Waals surface area contributed by atoms with Crippen LogP contribution in [0.4, 0.5) is 11.4 Å². The van der Waals surface area contributed by atoms with Gasteiger partial charge < -0.3 is 16.0 Å². The quantitative estimate of drug-likeness (QED) is 0.735. The molecule has 3 N–H and O–H groups in total. The first kappa shape index (κ1) is 17.2. The van der Waals surface area contributed by atoms with E-state index >= 15 is 0 Å². The van der Waals surface area contributed by atoms with Crippen molar-refractivity contribution >= 4 is 45.0 Å². The van der Waals surface area contributed by atoms with Crippen molar-refractivity contribution in [2.45, 2.75) is 18.9 Å². The Morgan fingerprint density at radius 2 is 1.80 bits per heavy atom. The second-order valence-corrected chi connectivity index (χ2v) is 6.57. The van der Waals surface area contributed by atoms with Crippen LogP contribution in [0, 0.1) is 0 Å². The molecule has 3 amide bonds. The van der Waals surface area contributed by atoms with Crippen LogP contribution in [-0.4, -0.2) is 23.8 Å². The van der Waals surface area contributed by atoms with Crippen LogP contribution in [0.3, 0.4) is 0 Å². The van der Waals surface area contributed by atoms with Gasteiger partial charge in [0.15, 0.2) is 0 Å². The lowest BCUT2D eigenvalue weighted by molar-refractivity contribution is -0.118. The molecule has 7 heteroatoms. The number of fused-ring (bicyclic) bond motifs is 1. The summed E-state index contributed by atoms with van der Waals surface area (Å²) in [6.07, 6.45) is 0.332. The number of nitrogens with one attached hydrogen (secondary N) is 3. The molecule has 2 aromatic carbocycles. The van der Waals surface area contributed by atoms with Gasteiger partial charge in [0.1, 0.15) is 6.04 Å². The van der Waals surface area contributed by atoms with E-state index in [9.17, 15) is 14.4 Å². The minimum atomic E-state index is -0.754. The van der Waals surface area contributed by atoms with E-state index in [1.807, 2.05) is 12.1 Å². The van der Waals surface area contributed by atoms with Gasteiger partial charge in [-0.05, 0) is 42.8 Å². The van der Waals surface area contributed by atoms with Crippen LogP contribution in [0.2, 0.25) is 0 Å². The number of hydrogen-bond acceptors (Lipinski definition) is 3. The van der Waals surface area contributed by atoms with Gasteiger partial charge in [0.25, 0.3) is 5.91 Å². The number of rotatable bonds is 4. The molecule has 25 heavy (non-hydrogen) atoms. The number of halogens is 1. The van der Waals surface area contributed by atoms with Crippen molar-refractivity contribution < 1.29 is 14.4 Å².